The minimum absolute atomic E-state index is 0.0522. The fraction of sp³-hybridized carbons (Fsp3) is 0.188. The van der Waals surface area contributed by atoms with Crippen molar-refractivity contribution in [3.8, 4) is 11.5 Å². The highest BCUT2D eigenvalue weighted by Gasteiger charge is 2.14. The van der Waals surface area contributed by atoms with Crippen LogP contribution >= 0.6 is 0 Å². The maximum absolute atomic E-state index is 11.5. The van der Waals surface area contributed by atoms with Crippen LogP contribution in [0.15, 0.2) is 36.5 Å². The molecule has 0 atom stereocenters. The largest absolute Gasteiger partial charge is 0.478 e. The van der Waals surface area contributed by atoms with Gasteiger partial charge in [0.1, 0.15) is 22.8 Å². The van der Waals surface area contributed by atoms with E-state index in [1.54, 1.807) is 38.1 Å². The molecular formula is C16H15NO4. The van der Waals surface area contributed by atoms with Crippen LogP contribution in [0.1, 0.15) is 39.8 Å². The van der Waals surface area contributed by atoms with Gasteiger partial charge in [-0.25, -0.2) is 9.78 Å². The van der Waals surface area contributed by atoms with Gasteiger partial charge in [-0.15, -0.1) is 0 Å². The van der Waals surface area contributed by atoms with Crippen LogP contribution < -0.4 is 4.74 Å². The number of hydrogen-bond donors (Lipinski definition) is 1. The van der Waals surface area contributed by atoms with E-state index in [1.165, 1.54) is 12.3 Å². The number of aryl methyl sites for hydroxylation is 1. The zero-order valence-corrected chi connectivity index (χ0v) is 11.8. The number of aromatic carboxylic acids is 1. The van der Waals surface area contributed by atoms with E-state index >= 15 is 0 Å². The van der Waals surface area contributed by atoms with Crippen molar-refractivity contribution in [3.63, 3.8) is 0 Å². The van der Waals surface area contributed by atoms with Crippen molar-refractivity contribution in [2.45, 2.75) is 20.3 Å². The van der Waals surface area contributed by atoms with E-state index in [-0.39, 0.29) is 17.1 Å². The molecule has 1 heterocycles. The molecule has 0 unspecified atom stereocenters. The van der Waals surface area contributed by atoms with Crippen LogP contribution in [0, 0.1) is 6.92 Å². The smallest absolute Gasteiger partial charge is 0.339 e. The van der Waals surface area contributed by atoms with Gasteiger partial charge in [-0.1, -0.05) is 19.1 Å². The van der Waals surface area contributed by atoms with Crippen molar-refractivity contribution in [1.82, 2.24) is 4.98 Å². The first-order chi connectivity index (χ1) is 10.0. The Morgan fingerprint density at radius 3 is 2.57 bits per heavy atom. The van der Waals surface area contributed by atoms with Gasteiger partial charge in [-0.3, -0.25) is 4.79 Å². The van der Waals surface area contributed by atoms with Gasteiger partial charge in [-0.2, -0.15) is 0 Å². The minimum atomic E-state index is -1.06. The summed E-state index contributed by atoms with van der Waals surface area (Å²) in [6.07, 6.45) is 1.80. The Hall–Kier alpha value is -2.69. The number of carbonyl (C=O) groups is 2. The van der Waals surface area contributed by atoms with E-state index < -0.39 is 5.97 Å². The van der Waals surface area contributed by atoms with E-state index in [2.05, 4.69) is 4.98 Å². The van der Waals surface area contributed by atoms with Crippen LogP contribution in [0.3, 0.4) is 0 Å². The minimum Gasteiger partial charge on any atom is -0.478 e. The number of pyridine rings is 1. The van der Waals surface area contributed by atoms with Crippen LogP contribution in [0.5, 0.6) is 11.5 Å². The third kappa shape index (κ3) is 3.25. The van der Waals surface area contributed by atoms with Gasteiger partial charge in [0.2, 0.25) is 0 Å². The molecule has 5 nitrogen and oxygen atoms in total. The molecule has 0 spiro atoms. The molecule has 0 aliphatic rings. The highest BCUT2D eigenvalue weighted by atomic mass is 16.5. The van der Waals surface area contributed by atoms with Gasteiger partial charge in [0.15, 0.2) is 5.78 Å². The van der Waals surface area contributed by atoms with Crippen molar-refractivity contribution in [3.05, 3.63) is 53.3 Å². The molecular weight excluding hydrogens is 270 g/mol. The molecule has 0 fully saturated rings. The summed E-state index contributed by atoms with van der Waals surface area (Å²) in [6, 6.07) is 8.08. The average Bonchev–Trinajstić information content (AvgIpc) is 2.49. The third-order valence-corrected chi connectivity index (χ3v) is 3.01. The zero-order chi connectivity index (χ0) is 15.4. The summed E-state index contributed by atoms with van der Waals surface area (Å²) in [5.74, 6) is -0.441. The number of Topliss-reactive ketones (excluding diaryl/α,β-unsaturated/α-hetero) is 1. The molecule has 0 saturated carbocycles. The van der Waals surface area contributed by atoms with Gasteiger partial charge in [0, 0.05) is 6.42 Å². The number of carbonyl (C=O) groups excluding carboxylic acids is 1. The highest BCUT2D eigenvalue weighted by molar-refractivity contribution is 5.94. The summed E-state index contributed by atoms with van der Waals surface area (Å²) < 4.78 is 5.62. The predicted octanol–water partition coefficient (Wildman–Crippen LogP) is 3.47. The van der Waals surface area contributed by atoms with Crippen LogP contribution in [0.25, 0.3) is 0 Å². The normalized spacial score (nSPS) is 10.2. The average molecular weight is 285 g/mol. The Morgan fingerprint density at radius 2 is 2.00 bits per heavy atom. The van der Waals surface area contributed by atoms with E-state index in [9.17, 15) is 14.7 Å². The van der Waals surface area contributed by atoms with E-state index in [0.29, 0.717) is 23.4 Å². The lowest BCUT2D eigenvalue weighted by atomic mass is 10.1. The predicted molar refractivity (Wildman–Crippen MR) is 77.1 cm³/mol. The molecule has 0 saturated heterocycles. The van der Waals surface area contributed by atoms with Crippen molar-refractivity contribution in [2.75, 3.05) is 0 Å². The molecule has 0 aliphatic carbocycles. The molecule has 108 valence electrons. The first kappa shape index (κ1) is 14.7. The lowest BCUT2D eigenvalue weighted by Crippen LogP contribution is -2.03. The number of nitrogens with zero attached hydrogens (tertiary/aromatic N) is 1. The number of benzene rings is 1. The fourth-order valence-electron chi connectivity index (χ4n) is 1.86. The summed E-state index contributed by atoms with van der Waals surface area (Å²) in [6.45, 7) is 3.53. The fourth-order valence-corrected chi connectivity index (χ4v) is 1.86. The first-order valence-corrected chi connectivity index (χ1v) is 6.53. The van der Waals surface area contributed by atoms with Crippen LogP contribution in [0.2, 0.25) is 0 Å². The summed E-state index contributed by atoms with van der Waals surface area (Å²) in [4.78, 5) is 26.7. The molecule has 0 bridgehead atoms. The topological polar surface area (TPSA) is 76.5 Å². The number of rotatable bonds is 5. The Bertz CT molecular complexity index is 677. The third-order valence-electron chi connectivity index (χ3n) is 3.01. The number of hydrogen-bond acceptors (Lipinski definition) is 4. The number of para-hydroxylation sites is 1. The molecule has 0 radical (unpaired) electrons. The van der Waals surface area contributed by atoms with E-state index in [1.807, 2.05) is 0 Å². The molecule has 2 rings (SSSR count). The molecule has 1 aromatic heterocycles. The number of carboxylic acid groups (broad SMARTS) is 1. The van der Waals surface area contributed by atoms with Crippen LogP contribution in [-0.2, 0) is 0 Å². The maximum atomic E-state index is 11.5. The number of carboxylic acids is 1. The Kier molecular flexibility index (Phi) is 4.33. The SMILES string of the molecule is CCC(=O)c1ccc(Oc2c(C)cccc2C(=O)O)cn1. The molecule has 1 aromatic carbocycles. The second-order valence-electron chi connectivity index (χ2n) is 4.51. The van der Waals surface area contributed by atoms with Gasteiger partial charge >= 0.3 is 5.97 Å². The molecule has 21 heavy (non-hydrogen) atoms. The van der Waals surface area contributed by atoms with Crippen molar-refractivity contribution in [1.29, 1.82) is 0 Å². The molecule has 0 aliphatic heterocycles. The van der Waals surface area contributed by atoms with Crippen molar-refractivity contribution < 1.29 is 19.4 Å². The van der Waals surface area contributed by atoms with Gasteiger partial charge < -0.3 is 9.84 Å². The summed E-state index contributed by atoms with van der Waals surface area (Å²) in [5, 5.41) is 9.18. The first-order valence-electron chi connectivity index (χ1n) is 6.53. The summed E-state index contributed by atoms with van der Waals surface area (Å²) >= 11 is 0. The Morgan fingerprint density at radius 1 is 1.24 bits per heavy atom. The second kappa shape index (κ2) is 6.17. The molecule has 5 heteroatoms. The Labute approximate surface area is 122 Å². The number of ketones is 1. The van der Waals surface area contributed by atoms with Crippen LogP contribution in [-0.4, -0.2) is 21.8 Å². The summed E-state index contributed by atoms with van der Waals surface area (Å²) in [5.41, 5.74) is 1.17. The lowest BCUT2D eigenvalue weighted by molar-refractivity contribution is 0.0693. The molecule has 2 aromatic rings. The molecule has 0 amide bonds. The van der Waals surface area contributed by atoms with Gasteiger partial charge in [0.25, 0.3) is 0 Å². The van der Waals surface area contributed by atoms with Crippen molar-refractivity contribution >= 4 is 11.8 Å². The van der Waals surface area contributed by atoms with Crippen LogP contribution in [0.4, 0.5) is 0 Å². The quantitative estimate of drug-likeness (QED) is 0.851. The second-order valence-corrected chi connectivity index (χ2v) is 4.51. The zero-order valence-electron chi connectivity index (χ0n) is 11.8. The van der Waals surface area contributed by atoms with Gasteiger partial charge in [0.05, 0.1) is 6.20 Å². The monoisotopic (exact) mass is 285 g/mol. The van der Waals surface area contributed by atoms with E-state index in [4.69, 9.17) is 4.74 Å². The summed E-state index contributed by atoms with van der Waals surface area (Å²) in [7, 11) is 0. The van der Waals surface area contributed by atoms with Crippen molar-refractivity contribution in [2.24, 2.45) is 0 Å². The Balaban J connectivity index is 2.30. The van der Waals surface area contributed by atoms with E-state index in [0.717, 1.165) is 0 Å². The molecule has 1 N–H and O–H groups in total. The highest BCUT2D eigenvalue weighted by Crippen LogP contribution is 2.28. The lowest BCUT2D eigenvalue weighted by Gasteiger charge is -2.11. The maximum Gasteiger partial charge on any atom is 0.339 e. The number of ether oxygens (including phenoxy) is 1. The standard InChI is InChI=1S/C16H15NO4/c1-3-14(18)13-8-7-11(9-17-13)21-15-10(2)5-4-6-12(15)16(19)20/h4-9H,3H2,1-2H3,(H,19,20). The number of aromatic nitrogens is 1. The van der Waals surface area contributed by atoms with Gasteiger partial charge in [-0.05, 0) is 30.7 Å².